The van der Waals surface area contributed by atoms with Crippen molar-refractivity contribution >= 4 is 53.4 Å². The van der Waals surface area contributed by atoms with Gasteiger partial charge in [-0.3, -0.25) is 0 Å². The highest BCUT2D eigenvalue weighted by Gasteiger charge is 2.16. The zero-order valence-electron chi connectivity index (χ0n) is 20.6. The predicted molar refractivity (Wildman–Crippen MR) is 156 cm³/mol. The zero-order chi connectivity index (χ0) is 24.8. The molecular weight excluding hydrogens is 557 g/mol. The van der Waals surface area contributed by atoms with Crippen molar-refractivity contribution in [2.45, 2.75) is 13.0 Å². The molecule has 0 saturated heterocycles. The minimum atomic E-state index is -0.725. The molecule has 0 aliphatic rings. The Labute approximate surface area is 238 Å². The fourth-order valence-electron chi connectivity index (χ4n) is 3.72. The maximum atomic E-state index is 10.6. The van der Waals surface area contributed by atoms with E-state index in [9.17, 15) is 5.11 Å². The van der Waals surface area contributed by atoms with Crippen LogP contribution in [0.25, 0.3) is 22.0 Å². The van der Waals surface area contributed by atoms with E-state index >= 15 is 0 Å². The van der Waals surface area contributed by atoms with Crippen molar-refractivity contribution in [2.75, 3.05) is 38.8 Å². The van der Waals surface area contributed by atoms with Crippen molar-refractivity contribution in [3.8, 4) is 39.2 Å². The summed E-state index contributed by atoms with van der Waals surface area (Å²) >= 11 is 8.12. The van der Waals surface area contributed by atoms with Crippen molar-refractivity contribution in [3.05, 3.63) is 65.1 Å². The maximum absolute atomic E-state index is 10.6. The average molecular weight is 587 g/mol. The molecule has 2 heterocycles. The number of aromatic amines is 1. The van der Waals surface area contributed by atoms with Crippen molar-refractivity contribution in [2.24, 2.45) is 0 Å². The third kappa shape index (κ3) is 7.46. The standard InChI is InChI=1S/C26H28ClN3O4S.2ClH/c1-4-30(18-8-10-23(32-2)24(13-18)33-3)15-19(31)16-34-22-9-7-17(12-20(22)27)26-28-14-21(29-26)25-6-5-11-35-25;;/h5-14,19,31H,4,15-16H2,1-3H3,(H,28,29);2*1H/t19-;;/m0../s1. The van der Waals surface area contributed by atoms with E-state index in [4.69, 9.17) is 25.8 Å². The molecule has 0 aliphatic carbocycles. The number of likely N-dealkylation sites (N-methyl/N-ethyl adjacent to an activating group) is 1. The Bertz CT molecular complexity index is 1250. The minimum absolute atomic E-state index is 0. The van der Waals surface area contributed by atoms with Gasteiger partial charge in [-0.25, -0.2) is 4.98 Å². The summed E-state index contributed by atoms with van der Waals surface area (Å²) in [5.41, 5.74) is 2.67. The maximum Gasteiger partial charge on any atom is 0.162 e. The number of ether oxygens (including phenoxy) is 3. The number of rotatable bonds is 11. The molecule has 0 amide bonds. The van der Waals surface area contributed by atoms with Crippen LogP contribution in [0.15, 0.2) is 60.1 Å². The fraction of sp³-hybridized carbons (Fsp3) is 0.269. The Hall–Kier alpha value is -2.62. The summed E-state index contributed by atoms with van der Waals surface area (Å²) in [5, 5.41) is 13.1. The Morgan fingerprint density at radius 3 is 2.46 bits per heavy atom. The molecule has 0 bridgehead atoms. The van der Waals surface area contributed by atoms with Crippen LogP contribution in [0.4, 0.5) is 5.69 Å². The van der Waals surface area contributed by atoms with E-state index < -0.39 is 6.10 Å². The van der Waals surface area contributed by atoms with Crippen LogP contribution in [0.2, 0.25) is 5.02 Å². The van der Waals surface area contributed by atoms with E-state index in [-0.39, 0.29) is 31.4 Å². The van der Waals surface area contributed by atoms with Crippen LogP contribution in [-0.4, -0.2) is 55.1 Å². The molecule has 4 aromatic rings. The second kappa shape index (κ2) is 14.4. The number of anilines is 1. The van der Waals surface area contributed by atoms with Gasteiger partial charge in [0.2, 0.25) is 0 Å². The number of methoxy groups -OCH3 is 2. The molecule has 200 valence electrons. The van der Waals surface area contributed by atoms with Crippen molar-refractivity contribution < 1.29 is 19.3 Å². The number of nitrogens with one attached hydrogen (secondary N) is 1. The van der Waals surface area contributed by atoms with Gasteiger partial charge in [0.15, 0.2) is 11.5 Å². The van der Waals surface area contributed by atoms with Gasteiger partial charge in [0, 0.05) is 36.6 Å². The number of imidazole rings is 1. The van der Waals surface area contributed by atoms with Gasteiger partial charge in [-0.05, 0) is 48.7 Å². The predicted octanol–water partition coefficient (Wildman–Crippen LogP) is 6.59. The molecule has 0 radical (unpaired) electrons. The molecule has 0 saturated carbocycles. The van der Waals surface area contributed by atoms with Gasteiger partial charge < -0.3 is 29.2 Å². The number of hydrogen-bond acceptors (Lipinski definition) is 7. The molecule has 0 unspecified atom stereocenters. The first kappa shape index (κ1) is 30.6. The molecule has 2 N–H and O–H groups in total. The number of benzene rings is 2. The normalized spacial score (nSPS) is 11.2. The molecule has 0 fully saturated rings. The van der Waals surface area contributed by atoms with Gasteiger partial charge in [0.25, 0.3) is 0 Å². The number of aromatic nitrogens is 2. The summed E-state index contributed by atoms with van der Waals surface area (Å²) in [5.74, 6) is 2.54. The van der Waals surface area contributed by atoms with Gasteiger partial charge >= 0.3 is 0 Å². The lowest BCUT2D eigenvalue weighted by Gasteiger charge is -2.26. The molecule has 11 heteroatoms. The molecule has 2 aromatic heterocycles. The monoisotopic (exact) mass is 585 g/mol. The van der Waals surface area contributed by atoms with Crippen LogP contribution in [0.3, 0.4) is 0 Å². The summed E-state index contributed by atoms with van der Waals surface area (Å²) in [6.07, 6.45) is 1.16. The largest absolute Gasteiger partial charge is 0.493 e. The molecule has 4 rings (SSSR count). The lowest BCUT2D eigenvalue weighted by molar-refractivity contribution is 0.112. The highest BCUT2D eigenvalue weighted by Crippen LogP contribution is 2.33. The Morgan fingerprint density at radius 1 is 1.05 bits per heavy atom. The van der Waals surface area contributed by atoms with Gasteiger partial charge in [0.1, 0.15) is 24.3 Å². The summed E-state index contributed by atoms with van der Waals surface area (Å²) in [6, 6.07) is 15.2. The van der Waals surface area contributed by atoms with Gasteiger partial charge in [-0.15, -0.1) is 36.2 Å². The van der Waals surface area contributed by atoms with Gasteiger partial charge in [0.05, 0.1) is 29.8 Å². The number of halogens is 3. The van der Waals surface area contributed by atoms with Crippen molar-refractivity contribution in [1.82, 2.24) is 9.97 Å². The number of nitrogens with zero attached hydrogens (tertiary/aromatic N) is 2. The first-order valence-corrected chi connectivity index (χ1v) is 12.4. The number of thiophene rings is 1. The number of H-pyrrole nitrogens is 1. The Kier molecular flexibility index (Phi) is 11.9. The summed E-state index contributed by atoms with van der Waals surface area (Å²) in [6.45, 7) is 3.22. The van der Waals surface area contributed by atoms with Crippen LogP contribution < -0.4 is 19.1 Å². The highest BCUT2D eigenvalue weighted by molar-refractivity contribution is 7.13. The molecule has 0 spiro atoms. The first-order valence-electron chi connectivity index (χ1n) is 11.2. The summed E-state index contributed by atoms with van der Waals surface area (Å²) < 4.78 is 16.5. The lowest BCUT2D eigenvalue weighted by Crippen LogP contribution is -2.35. The van der Waals surface area contributed by atoms with Crippen LogP contribution in [0.1, 0.15) is 6.92 Å². The average Bonchev–Trinajstić information content (AvgIpc) is 3.58. The summed E-state index contributed by atoms with van der Waals surface area (Å²) in [4.78, 5) is 11.0. The first-order chi connectivity index (χ1) is 17.0. The third-order valence-corrected chi connectivity index (χ3v) is 6.72. The molecular formula is C26H30Cl3N3O4S. The fourth-order valence-corrected chi connectivity index (χ4v) is 4.64. The summed E-state index contributed by atoms with van der Waals surface area (Å²) in [7, 11) is 3.20. The van der Waals surface area contributed by atoms with E-state index in [2.05, 4.69) is 9.97 Å². The third-order valence-electron chi connectivity index (χ3n) is 5.53. The number of aliphatic hydroxyl groups excluding tert-OH is 1. The van der Waals surface area contributed by atoms with Crippen LogP contribution >= 0.6 is 47.8 Å². The Morgan fingerprint density at radius 2 is 1.81 bits per heavy atom. The molecule has 37 heavy (non-hydrogen) atoms. The van der Waals surface area contributed by atoms with Crippen LogP contribution in [0, 0.1) is 0 Å². The van der Waals surface area contributed by atoms with Gasteiger partial charge in [-0.1, -0.05) is 17.7 Å². The number of hydrogen-bond donors (Lipinski definition) is 2. The van der Waals surface area contributed by atoms with Gasteiger partial charge in [-0.2, -0.15) is 0 Å². The van der Waals surface area contributed by atoms with Crippen LogP contribution in [0.5, 0.6) is 17.2 Å². The minimum Gasteiger partial charge on any atom is -0.493 e. The molecule has 2 aromatic carbocycles. The van der Waals surface area contributed by atoms with Crippen molar-refractivity contribution in [1.29, 1.82) is 0 Å². The van der Waals surface area contributed by atoms with E-state index in [1.165, 1.54) is 0 Å². The lowest BCUT2D eigenvalue weighted by atomic mass is 10.2. The van der Waals surface area contributed by atoms with E-state index in [1.54, 1.807) is 31.6 Å². The zero-order valence-corrected chi connectivity index (χ0v) is 23.8. The topological polar surface area (TPSA) is 79.8 Å². The van der Waals surface area contributed by atoms with Crippen LogP contribution in [-0.2, 0) is 0 Å². The van der Waals surface area contributed by atoms with E-state index in [0.717, 1.165) is 27.6 Å². The quantitative estimate of drug-likeness (QED) is 0.207. The number of aliphatic hydroxyl groups is 1. The van der Waals surface area contributed by atoms with E-state index in [0.29, 0.717) is 35.4 Å². The second-order valence-corrected chi connectivity index (χ2v) is 9.15. The van der Waals surface area contributed by atoms with E-state index in [1.807, 2.05) is 65.9 Å². The SMILES string of the molecule is CCN(C[C@H](O)COc1ccc(-c2nc(-c3cccs3)c[nH]2)cc1Cl)c1ccc(OC)c(OC)c1.Cl.Cl. The molecule has 7 nitrogen and oxygen atoms in total. The Balaban J connectivity index is 0.00000241. The second-order valence-electron chi connectivity index (χ2n) is 7.80. The smallest absolute Gasteiger partial charge is 0.162 e. The molecule has 0 aliphatic heterocycles. The molecule has 1 atom stereocenters. The van der Waals surface area contributed by atoms with Crippen molar-refractivity contribution in [3.63, 3.8) is 0 Å². The highest BCUT2D eigenvalue weighted by atomic mass is 35.5.